The molecule has 1 aromatic carbocycles. The minimum Gasteiger partial charge on any atom is -0.447 e. The number of hydrogen-bond donors (Lipinski definition) is 1. The monoisotopic (exact) mass is 377 g/mol. The second kappa shape index (κ2) is 5.76. The van der Waals surface area contributed by atoms with Crippen molar-refractivity contribution in [1.29, 1.82) is 21.2 Å². The normalized spacial score (nSPS) is 34.8. The molecule has 3 fully saturated rings. The van der Waals surface area contributed by atoms with E-state index in [2.05, 4.69) is 6.07 Å². The van der Waals surface area contributed by atoms with Crippen molar-refractivity contribution in [1.82, 2.24) is 0 Å². The highest BCUT2D eigenvalue weighted by atomic mass is 16.7. The second-order valence-electron chi connectivity index (χ2n) is 7.34. The highest BCUT2D eigenvalue weighted by molar-refractivity contribution is 5.89. The van der Waals surface area contributed by atoms with E-state index in [0.29, 0.717) is 18.4 Å². The first-order valence-electron chi connectivity index (χ1n) is 8.85. The molecule has 9 nitrogen and oxygen atoms in total. The molecule has 4 atom stereocenters. The molecule has 0 aromatic heterocycles. The van der Waals surface area contributed by atoms with Gasteiger partial charge in [0, 0.05) is 18.6 Å². The number of nitro benzene ring substituents is 1. The Morgan fingerprint density at radius 1 is 1.14 bits per heavy atom. The van der Waals surface area contributed by atoms with Gasteiger partial charge in [-0.05, 0) is 30.5 Å². The molecule has 2 heterocycles. The second-order valence-corrected chi connectivity index (χ2v) is 7.34. The molecule has 0 amide bonds. The van der Waals surface area contributed by atoms with Crippen LogP contribution in [0.15, 0.2) is 24.3 Å². The molecule has 0 unspecified atom stereocenters. The lowest BCUT2D eigenvalue weighted by molar-refractivity contribution is -0.384. The van der Waals surface area contributed by atoms with Crippen LogP contribution in [0.2, 0.25) is 0 Å². The van der Waals surface area contributed by atoms with Crippen molar-refractivity contribution in [2.45, 2.75) is 37.6 Å². The molecule has 0 radical (unpaired) electrons. The van der Waals surface area contributed by atoms with Crippen LogP contribution in [-0.2, 0) is 9.47 Å². The third-order valence-electron chi connectivity index (χ3n) is 6.22. The SMILES string of the molecule is N#CC1(C#N)[C@H](c2ccc([N+](=O)[O-])cc2)O[C@@]23CCCC[C@H]2[C@@]1(C#N)C(=N)O3. The summed E-state index contributed by atoms with van der Waals surface area (Å²) in [5, 5.41) is 49.6. The van der Waals surface area contributed by atoms with E-state index in [4.69, 9.17) is 14.9 Å². The van der Waals surface area contributed by atoms with Gasteiger partial charge < -0.3 is 9.47 Å². The first kappa shape index (κ1) is 17.9. The molecule has 3 aliphatic rings. The lowest BCUT2D eigenvalue weighted by Gasteiger charge is -2.51. The summed E-state index contributed by atoms with van der Waals surface area (Å²) in [7, 11) is 0. The minimum absolute atomic E-state index is 0.144. The summed E-state index contributed by atoms with van der Waals surface area (Å²) < 4.78 is 12.0. The molecule has 1 aliphatic carbocycles. The number of rotatable bonds is 2. The lowest BCUT2D eigenvalue weighted by Crippen LogP contribution is -2.60. The van der Waals surface area contributed by atoms with Gasteiger partial charge in [0.05, 0.1) is 29.0 Å². The Balaban J connectivity index is 1.94. The number of hydrogen-bond acceptors (Lipinski definition) is 8. The Kier molecular flexibility index (Phi) is 3.68. The smallest absolute Gasteiger partial charge is 0.269 e. The highest BCUT2D eigenvalue weighted by Crippen LogP contribution is 2.69. The fraction of sp³-hybridized carbons (Fsp3) is 0.474. The summed E-state index contributed by atoms with van der Waals surface area (Å²) in [6.45, 7) is 0. The van der Waals surface area contributed by atoms with Crippen molar-refractivity contribution in [2.24, 2.45) is 16.7 Å². The Labute approximate surface area is 160 Å². The number of nitrogens with zero attached hydrogens (tertiary/aromatic N) is 4. The zero-order chi connectivity index (χ0) is 20.2. The summed E-state index contributed by atoms with van der Waals surface area (Å²) in [5.41, 5.74) is -3.57. The summed E-state index contributed by atoms with van der Waals surface area (Å²) in [6, 6.07) is 11.4. The van der Waals surface area contributed by atoms with Crippen LogP contribution < -0.4 is 0 Å². The molecular formula is C19H15N5O4. The van der Waals surface area contributed by atoms with E-state index < -0.39 is 39.5 Å². The topological polar surface area (TPSA) is 157 Å². The van der Waals surface area contributed by atoms with E-state index in [0.717, 1.165) is 12.8 Å². The minimum atomic E-state index is -2.02. The maximum atomic E-state index is 10.9. The van der Waals surface area contributed by atoms with Gasteiger partial charge in [0.15, 0.2) is 5.41 Å². The van der Waals surface area contributed by atoms with E-state index in [9.17, 15) is 25.9 Å². The zero-order valence-corrected chi connectivity index (χ0v) is 14.7. The van der Waals surface area contributed by atoms with Gasteiger partial charge in [-0.3, -0.25) is 15.5 Å². The molecule has 9 heteroatoms. The Morgan fingerprint density at radius 3 is 2.39 bits per heavy atom. The summed E-state index contributed by atoms with van der Waals surface area (Å²) in [5.74, 6) is -2.25. The number of nitrogens with one attached hydrogen (secondary N) is 1. The molecule has 2 aliphatic heterocycles. The molecule has 1 N–H and O–H groups in total. The van der Waals surface area contributed by atoms with Crippen molar-refractivity contribution in [3.05, 3.63) is 39.9 Å². The van der Waals surface area contributed by atoms with E-state index in [-0.39, 0.29) is 5.69 Å². The Morgan fingerprint density at radius 2 is 1.82 bits per heavy atom. The van der Waals surface area contributed by atoms with Crippen LogP contribution in [0, 0.1) is 66.3 Å². The van der Waals surface area contributed by atoms with Crippen LogP contribution >= 0.6 is 0 Å². The van der Waals surface area contributed by atoms with Crippen LogP contribution in [0.4, 0.5) is 5.69 Å². The number of nitriles is 3. The molecule has 2 bridgehead atoms. The van der Waals surface area contributed by atoms with Crippen molar-refractivity contribution in [3.8, 4) is 18.2 Å². The number of nitro groups is 1. The molecular weight excluding hydrogens is 362 g/mol. The summed E-state index contributed by atoms with van der Waals surface area (Å²) in [4.78, 5) is 10.4. The van der Waals surface area contributed by atoms with Crippen molar-refractivity contribution in [2.75, 3.05) is 0 Å². The average molecular weight is 377 g/mol. The van der Waals surface area contributed by atoms with E-state index in [1.807, 2.05) is 12.1 Å². The molecule has 0 spiro atoms. The quantitative estimate of drug-likeness (QED) is 0.612. The molecule has 140 valence electrons. The van der Waals surface area contributed by atoms with Crippen molar-refractivity contribution in [3.63, 3.8) is 0 Å². The average Bonchev–Trinajstić information content (AvgIpc) is 2.92. The van der Waals surface area contributed by atoms with Crippen molar-refractivity contribution < 1.29 is 14.4 Å². The Bertz CT molecular complexity index is 987. The van der Waals surface area contributed by atoms with Gasteiger partial charge in [0.1, 0.15) is 6.10 Å². The summed E-state index contributed by atoms with van der Waals surface area (Å²) in [6.07, 6.45) is 1.32. The molecule has 1 aromatic rings. The third-order valence-corrected chi connectivity index (χ3v) is 6.22. The first-order valence-corrected chi connectivity index (χ1v) is 8.85. The maximum Gasteiger partial charge on any atom is 0.269 e. The molecule has 1 saturated carbocycles. The van der Waals surface area contributed by atoms with Gasteiger partial charge in [0.25, 0.3) is 5.69 Å². The van der Waals surface area contributed by atoms with E-state index in [1.165, 1.54) is 24.3 Å². The Hall–Kier alpha value is -3.48. The first-order chi connectivity index (χ1) is 13.4. The number of non-ortho nitro benzene ring substituents is 1. The fourth-order valence-electron chi connectivity index (χ4n) is 4.93. The molecule has 4 rings (SSSR count). The zero-order valence-electron chi connectivity index (χ0n) is 14.7. The van der Waals surface area contributed by atoms with Gasteiger partial charge in [0.2, 0.25) is 17.1 Å². The lowest BCUT2D eigenvalue weighted by atomic mass is 9.51. The van der Waals surface area contributed by atoms with E-state index >= 15 is 0 Å². The standard InChI is InChI=1S/C19H15N5O4/c20-9-17(10-21)15(12-4-6-13(7-5-12)24(25)26)27-19-8-2-1-3-14(19)18(17,11-22)16(23)28-19/h4-7,14-15,23H,1-3,8H2/t14-,15-,18-,19+/m0/s1. The highest BCUT2D eigenvalue weighted by Gasteiger charge is 2.80. The van der Waals surface area contributed by atoms with Gasteiger partial charge in [-0.15, -0.1) is 0 Å². The van der Waals surface area contributed by atoms with Gasteiger partial charge in [-0.2, -0.15) is 15.8 Å². The van der Waals surface area contributed by atoms with Crippen LogP contribution in [0.3, 0.4) is 0 Å². The third kappa shape index (κ3) is 1.88. The van der Waals surface area contributed by atoms with Gasteiger partial charge in [-0.25, -0.2) is 0 Å². The largest absolute Gasteiger partial charge is 0.447 e. The van der Waals surface area contributed by atoms with Crippen LogP contribution in [0.1, 0.15) is 37.4 Å². The van der Waals surface area contributed by atoms with Crippen LogP contribution in [0.25, 0.3) is 0 Å². The molecule has 28 heavy (non-hydrogen) atoms. The number of benzene rings is 1. The van der Waals surface area contributed by atoms with Gasteiger partial charge in [-0.1, -0.05) is 6.42 Å². The predicted molar refractivity (Wildman–Crippen MR) is 92.1 cm³/mol. The van der Waals surface area contributed by atoms with E-state index in [1.54, 1.807) is 0 Å². The van der Waals surface area contributed by atoms with Crippen LogP contribution in [-0.4, -0.2) is 16.6 Å². The maximum absolute atomic E-state index is 10.9. The van der Waals surface area contributed by atoms with Crippen LogP contribution in [0.5, 0.6) is 0 Å². The molecule has 2 saturated heterocycles. The number of ether oxygens (including phenoxy) is 2. The predicted octanol–water partition coefficient (Wildman–Crippen LogP) is 3.10. The van der Waals surface area contributed by atoms with Crippen molar-refractivity contribution >= 4 is 11.6 Å². The van der Waals surface area contributed by atoms with Gasteiger partial charge >= 0.3 is 0 Å². The summed E-state index contributed by atoms with van der Waals surface area (Å²) >= 11 is 0. The fourth-order valence-corrected chi connectivity index (χ4v) is 4.93.